The minimum absolute atomic E-state index is 0.0170. The molecule has 164 valence electrons. The van der Waals surface area contributed by atoms with Gasteiger partial charge in [0.1, 0.15) is 0 Å². The first-order chi connectivity index (χ1) is 15.4. The van der Waals surface area contributed by atoms with E-state index >= 15 is 0 Å². The molecule has 1 aliphatic rings. The third-order valence-corrected chi connectivity index (χ3v) is 6.12. The van der Waals surface area contributed by atoms with Gasteiger partial charge in [0.25, 0.3) is 5.56 Å². The van der Waals surface area contributed by atoms with E-state index in [0.29, 0.717) is 31.9 Å². The van der Waals surface area contributed by atoms with Crippen molar-refractivity contribution >= 4 is 23.4 Å². The van der Waals surface area contributed by atoms with Crippen molar-refractivity contribution in [1.82, 2.24) is 4.57 Å². The fourth-order valence-electron chi connectivity index (χ4n) is 3.69. The molecule has 2 heterocycles. The summed E-state index contributed by atoms with van der Waals surface area (Å²) in [5, 5.41) is 10.1. The van der Waals surface area contributed by atoms with Gasteiger partial charge >= 0.3 is 5.97 Å². The van der Waals surface area contributed by atoms with Crippen LogP contribution in [0.25, 0.3) is 6.08 Å². The van der Waals surface area contributed by atoms with Crippen molar-refractivity contribution < 1.29 is 19.4 Å². The van der Waals surface area contributed by atoms with E-state index in [1.807, 2.05) is 30.3 Å². The number of hydrogen-bond donors (Lipinski definition) is 1. The highest BCUT2D eigenvalue weighted by molar-refractivity contribution is 7.07. The molecule has 1 unspecified atom stereocenters. The number of benzene rings is 2. The molecule has 0 radical (unpaired) electrons. The number of aromatic nitrogens is 1. The normalized spacial score (nSPS) is 15.8. The Balaban J connectivity index is 1.92. The summed E-state index contributed by atoms with van der Waals surface area (Å²) in [6, 6.07) is 13.6. The number of allylic oxidation sites excluding steroid dienone is 1. The molecule has 0 bridgehead atoms. The predicted octanol–water partition coefficient (Wildman–Crippen LogP) is 2.51. The molecule has 8 heteroatoms. The largest absolute Gasteiger partial charge is 0.504 e. The maximum absolute atomic E-state index is 13.5. The van der Waals surface area contributed by atoms with Crippen molar-refractivity contribution in [2.24, 2.45) is 4.99 Å². The SMILES string of the molecule is CCOC(=O)C1=C(C)N=c2s/c(=C/c3ccc(OC)c(O)c3)c(=O)n2C1c1ccccc1. The van der Waals surface area contributed by atoms with Gasteiger partial charge in [0, 0.05) is 0 Å². The molecule has 1 aromatic heterocycles. The van der Waals surface area contributed by atoms with Gasteiger partial charge in [0.05, 0.1) is 35.6 Å². The van der Waals surface area contributed by atoms with Crippen LogP contribution in [0.2, 0.25) is 0 Å². The smallest absolute Gasteiger partial charge is 0.338 e. The Hall–Kier alpha value is -3.65. The van der Waals surface area contributed by atoms with E-state index in [-0.39, 0.29) is 17.9 Å². The molecule has 1 N–H and O–H groups in total. The van der Waals surface area contributed by atoms with Crippen LogP contribution < -0.4 is 19.6 Å². The quantitative estimate of drug-likeness (QED) is 0.604. The highest BCUT2D eigenvalue weighted by atomic mass is 32.1. The summed E-state index contributed by atoms with van der Waals surface area (Å²) in [4.78, 5) is 31.3. The lowest BCUT2D eigenvalue weighted by Gasteiger charge is -2.24. The van der Waals surface area contributed by atoms with E-state index in [1.165, 1.54) is 29.1 Å². The number of phenols is 1. The molecule has 32 heavy (non-hydrogen) atoms. The van der Waals surface area contributed by atoms with Gasteiger partial charge in [-0.3, -0.25) is 9.36 Å². The van der Waals surface area contributed by atoms with Crippen LogP contribution in [-0.4, -0.2) is 29.4 Å². The molecule has 0 amide bonds. The maximum atomic E-state index is 13.5. The Morgan fingerprint density at radius 2 is 2.00 bits per heavy atom. The standard InChI is InChI=1S/C24H22N2O5S/c1-4-31-23(29)20-14(2)25-24-26(21(20)16-8-6-5-7-9-16)22(28)19(32-24)13-15-10-11-18(30-3)17(27)12-15/h5-13,21,27H,4H2,1-3H3/b19-13+. The number of thiazole rings is 1. The average Bonchev–Trinajstić information content (AvgIpc) is 3.08. The highest BCUT2D eigenvalue weighted by Gasteiger charge is 2.33. The number of esters is 1. The number of methoxy groups -OCH3 is 1. The minimum Gasteiger partial charge on any atom is -0.504 e. The zero-order chi connectivity index (χ0) is 22.8. The van der Waals surface area contributed by atoms with Gasteiger partial charge in [-0.1, -0.05) is 47.7 Å². The molecule has 0 saturated heterocycles. The summed E-state index contributed by atoms with van der Waals surface area (Å²) in [6.45, 7) is 3.72. The molecular formula is C24H22N2O5S. The van der Waals surface area contributed by atoms with E-state index in [2.05, 4.69) is 4.99 Å². The molecule has 0 saturated carbocycles. The number of carbonyl (C=O) groups excluding carboxylic acids is 1. The molecule has 0 spiro atoms. The number of fused-ring (bicyclic) bond motifs is 1. The van der Waals surface area contributed by atoms with Gasteiger partial charge in [0.15, 0.2) is 16.3 Å². The van der Waals surface area contributed by atoms with Crippen molar-refractivity contribution in [3.05, 3.63) is 90.6 Å². The van der Waals surface area contributed by atoms with Crippen LogP contribution in [0, 0.1) is 0 Å². The monoisotopic (exact) mass is 450 g/mol. The van der Waals surface area contributed by atoms with Gasteiger partial charge < -0.3 is 14.6 Å². The third kappa shape index (κ3) is 3.85. The minimum atomic E-state index is -0.641. The number of hydrogen-bond acceptors (Lipinski definition) is 7. The first-order valence-corrected chi connectivity index (χ1v) is 10.9. The lowest BCUT2D eigenvalue weighted by molar-refractivity contribution is -0.139. The maximum Gasteiger partial charge on any atom is 0.338 e. The average molecular weight is 451 g/mol. The van der Waals surface area contributed by atoms with Crippen molar-refractivity contribution in [3.8, 4) is 11.5 Å². The van der Waals surface area contributed by atoms with E-state index in [9.17, 15) is 14.7 Å². The highest BCUT2D eigenvalue weighted by Crippen LogP contribution is 2.30. The van der Waals surface area contributed by atoms with Gasteiger partial charge in [0.2, 0.25) is 0 Å². The number of aromatic hydroxyl groups is 1. The second-order valence-corrected chi connectivity index (χ2v) is 8.15. The third-order valence-electron chi connectivity index (χ3n) is 5.13. The number of phenolic OH excluding ortho intramolecular Hbond substituents is 1. The number of rotatable bonds is 5. The van der Waals surface area contributed by atoms with Crippen LogP contribution in [0.5, 0.6) is 11.5 Å². The van der Waals surface area contributed by atoms with Crippen LogP contribution in [0.3, 0.4) is 0 Å². The van der Waals surface area contributed by atoms with E-state index in [0.717, 1.165) is 5.56 Å². The molecule has 2 aromatic carbocycles. The van der Waals surface area contributed by atoms with Gasteiger partial charge in [-0.05, 0) is 43.2 Å². The fraction of sp³-hybridized carbons (Fsp3) is 0.208. The van der Waals surface area contributed by atoms with Crippen LogP contribution >= 0.6 is 11.3 Å². The van der Waals surface area contributed by atoms with Crippen molar-refractivity contribution in [1.29, 1.82) is 0 Å². The molecule has 0 fully saturated rings. The topological polar surface area (TPSA) is 90.1 Å². The van der Waals surface area contributed by atoms with Crippen LogP contribution in [0.1, 0.15) is 31.0 Å². The summed E-state index contributed by atoms with van der Waals surface area (Å²) >= 11 is 1.23. The number of carbonyl (C=O) groups is 1. The van der Waals surface area contributed by atoms with Crippen LogP contribution in [-0.2, 0) is 9.53 Å². The number of nitrogens with zero attached hydrogens (tertiary/aromatic N) is 2. The fourth-order valence-corrected chi connectivity index (χ4v) is 4.74. The molecule has 3 aromatic rings. The lowest BCUT2D eigenvalue weighted by atomic mass is 9.96. The summed E-state index contributed by atoms with van der Waals surface area (Å²) in [5.74, 6) is -0.157. The predicted molar refractivity (Wildman–Crippen MR) is 121 cm³/mol. The molecular weight excluding hydrogens is 428 g/mol. The molecule has 1 aliphatic heterocycles. The molecule has 7 nitrogen and oxygen atoms in total. The van der Waals surface area contributed by atoms with E-state index < -0.39 is 12.0 Å². The first kappa shape index (κ1) is 21.6. The zero-order valence-electron chi connectivity index (χ0n) is 17.9. The van der Waals surface area contributed by atoms with Crippen LogP contribution in [0.4, 0.5) is 0 Å². The van der Waals surface area contributed by atoms with Crippen LogP contribution in [0.15, 0.2) is 69.6 Å². The molecule has 4 rings (SSSR count). The first-order valence-electron chi connectivity index (χ1n) is 10.1. The second-order valence-electron chi connectivity index (χ2n) is 7.14. The Bertz CT molecular complexity index is 1390. The van der Waals surface area contributed by atoms with Gasteiger partial charge in [-0.2, -0.15) is 0 Å². The van der Waals surface area contributed by atoms with E-state index in [1.54, 1.807) is 32.1 Å². The summed E-state index contributed by atoms with van der Waals surface area (Å²) in [6.07, 6.45) is 1.69. The van der Waals surface area contributed by atoms with Crippen molar-refractivity contribution in [2.75, 3.05) is 13.7 Å². The van der Waals surface area contributed by atoms with E-state index in [4.69, 9.17) is 9.47 Å². The summed E-state index contributed by atoms with van der Waals surface area (Å²) in [7, 11) is 1.47. The van der Waals surface area contributed by atoms with Crippen molar-refractivity contribution in [2.45, 2.75) is 19.9 Å². The Kier molecular flexibility index (Phi) is 5.96. The molecule has 1 atom stereocenters. The zero-order valence-corrected chi connectivity index (χ0v) is 18.7. The molecule has 0 aliphatic carbocycles. The Labute approximate surface area is 188 Å². The Morgan fingerprint density at radius 3 is 2.66 bits per heavy atom. The summed E-state index contributed by atoms with van der Waals surface area (Å²) in [5.41, 5.74) is 2.03. The lowest BCUT2D eigenvalue weighted by Crippen LogP contribution is -2.39. The number of ether oxygens (including phenoxy) is 2. The van der Waals surface area contributed by atoms with Gasteiger partial charge in [-0.15, -0.1) is 0 Å². The Morgan fingerprint density at radius 1 is 1.25 bits per heavy atom. The van der Waals surface area contributed by atoms with Crippen molar-refractivity contribution in [3.63, 3.8) is 0 Å². The van der Waals surface area contributed by atoms with Gasteiger partial charge in [-0.25, -0.2) is 9.79 Å². The second kappa shape index (κ2) is 8.84. The summed E-state index contributed by atoms with van der Waals surface area (Å²) < 4.78 is 12.3.